The average molecular weight is 505 g/mol. The number of ether oxygens (including phenoxy) is 2. The molecule has 0 fully saturated rings. The van der Waals surface area contributed by atoms with Gasteiger partial charge in [0.25, 0.3) is 0 Å². The van der Waals surface area contributed by atoms with Crippen LogP contribution in [0.3, 0.4) is 0 Å². The van der Waals surface area contributed by atoms with E-state index in [1.807, 2.05) is 6.92 Å². The maximum atomic E-state index is 12.1. The summed E-state index contributed by atoms with van der Waals surface area (Å²) in [6, 6.07) is 0. The van der Waals surface area contributed by atoms with Gasteiger partial charge in [0.15, 0.2) is 0 Å². The molecular weight excluding hydrogens is 469 g/mol. The molecule has 0 aromatic rings. The minimum absolute atomic E-state index is 0.0847. The van der Waals surface area contributed by atoms with E-state index in [9.17, 15) is 14.4 Å². The van der Waals surface area contributed by atoms with Gasteiger partial charge in [0.05, 0.1) is 18.8 Å². The molecule has 3 N–H and O–H groups in total. The molecule has 0 radical (unpaired) electrons. The minimum atomic E-state index is -0.674. The third-order valence-corrected chi connectivity index (χ3v) is 4.94. The van der Waals surface area contributed by atoms with Crippen LogP contribution in [0.25, 0.3) is 0 Å². The Morgan fingerprint density at radius 2 is 1.16 bits per heavy atom. The zero-order valence-corrected chi connectivity index (χ0v) is 20.5. The lowest BCUT2D eigenvalue weighted by atomic mass is 9.98. The van der Waals surface area contributed by atoms with Crippen molar-refractivity contribution in [2.75, 3.05) is 57.2 Å². The van der Waals surface area contributed by atoms with E-state index >= 15 is 0 Å². The lowest BCUT2D eigenvalue weighted by Crippen LogP contribution is -2.55. The molecule has 0 atom stereocenters. The van der Waals surface area contributed by atoms with E-state index in [2.05, 4.69) is 16.0 Å². The van der Waals surface area contributed by atoms with Crippen LogP contribution in [0.5, 0.6) is 0 Å². The molecule has 0 saturated heterocycles. The topological polar surface area (TPSA) is 106 Å². The smallest absolute Gasteiger partial charge is 0.221 e. The highest BCUT2D eigenvalue weighted by atomic mass is 35.5. The van der Waals surface area contributed by atoms with Crippen molar-refractivity contribution in [1.29, 1.82) is 0 Å². The molecule has 8 nitrogen and oxygen atoms in total. The Bertz CT molecular complexity index is 482. The number of carbonyl (C=O) groups excluding carboxylic acids is 3. The zero-order valence-electron chi connectivity index (χ0n) is 18.3. The Balaban J connectivity index is 4.40. The zero-order chi connectivity index (χ0) is 23.4. The fourth-order valence-electron chi connectivity index (χ4n) is 2.54. The van der Waals surface area contributed by atoms with Crippen LogP contribution < -0.4 is 16.0 Å². The van der Waals surface area contributed by atoms with E-state index in [1.165, 1.54) is 0 Å². The van der Waals surface area contributed by atoms with Gasteiger partial charge in [-0.15, -0.1) is 34.8 Å². The number of hydrogen-bond donors (Lipinski definition) is 3. The molecule has 0 aromatic carbocycles. The summed E-state index contributed by atoms with van der Waals surface area (Å²) in [4.78, 5) is 34.9. The summed E-state index contributed by atoms with van der Waals surface area (Å²) in [6.07, 6.45) is 2.70. The van der Waals surface area contributed by atoms with Crippen molar-refractivity contribution in [3.05, 3.63) is 0 Å². The molecule has 0 rings (SSSR count). The van der Waals surface area contributed by atoms with Gasteiger partial charge in [-0.3, -0.25) is 14.4 Å². The summed E-state index contributed by atoms with van der Waals surface area (Å²) in [5.41, 5.74) is -0.674. The number of carbonyl (C=O) groups is 3. The summed E-state index contributed by atoms with van der Waals surface area (Å²) in [7, 11) is 0. The first kappa shape index (κ1) is 30.2. The van der Waals surface area contributed by atoms with Crippen molar-refractivity contribution < 1.29 is 23.9 Å². The molecule has 0 unspecified atom stereocenters. The molecule has 0 aliphatic heterocycles. The molecule has 0 aliphatic carbocycles. The van der Waals surface area contributed by atoms with E-state index in [0.717, 1.165) is 0 Å². The van der Waals surface area contributed by atoms with Gasteiger partial charge in [-0.05, 0) is 19.3 Å². The van der Waals surface area contributed by atoms with Gasteiger partial charge in [0.2, 0.25) is 17.7 Å². The van der Waals surface area contributed by atoms with Crippen molar-refractivity contribution in [2.24, 2.45) is 0 Å². The first-order chi connectivity index (χ1) is 14.9. The van der Waals surface area contributed by atoms with Gasteiger partial charge in [-0.1, -0.05) is 6.92 Å². The Morgan fingerprint density at radius 3 is 1.55 bits per heavy atom. The number of halogens is 3. The monoisotopic (exact) mass is 503 g/mol. The highest BCUT2D eigenvalue weighted by Gasteiger charge is 2.30. The van der Waals surface area contributed by atoms with Gasteiger partial charge in [0, 0.05) is 63.2 Å². The molecule has 3 amide bonds. The van der Waals surface area contributed by atoms with Crippen LogP contribution in [0, 0.1) is 0 Å². The van der Waals surface area contributed by atoms with E-state index in [-0.39, 0.29) is 43.2 Å². The maximum Gasteiger partial charge on any atom is 0.221 e. The number of alkyl halides is 3. The lowest BCUT2D eigenvalue weighted by molar-refractivity contribution is -0.125. The Hall–Kier alpha value is -0.800. The second-order valence-corrected chi connectivity index (χ2v) is 8.15. The maximum absolute atomic E-state index is 12.1. The Labute approximate surface area is 200 Å². The fourth-order valence-corrected chi connectivity index (χ4v) is 3.05. The van der Waals surface area contributed by atoms with E-state index in [4.69, 9.17) is 44.3 Å². The summed E-state index contributed by atoms with van der Waals surface area (Å²) in [5.74, 6) is 0.492. The summed E-state index contributed by atoms with van der Waals surface area (Å²) in [5, 5.41) is 8.52. The number of nitrogens with one attached hydrogen (secondary N) is 3. The van der Waals surface area contributed by atoms with Crippen LogP contribution in [0.4, 0.5) is 0 Å². The van der Waals surface area contributed by atoms with Crippen LogP contribution in [-0.4, -0.2) is 80.4 Å². The summed E-state index contributed by atoms with van der Waals surface area (Å²) < 4.78 is 11.5. The summed E-state index contributed by atoms with van der Waals surface area (Å²) >= 11 is 16.7. The fraction of sp³-hybridized carbons (Fsp3) is 0.850. The van der Waals surface area contributed by atoms with E-state index < -0.39 is 5.54 Å². The molecule has 0 spiro atoms. The largest absolute Gasteiger partial charge is 0.379 e. The molecule has 182 valence electrons. The summed E-state index contributed by atoms with van der Waals surface area (Å²) in [6.45, 7) is 4.37. The van der Waals surface area contributed by atoms with Crippen LogP contribution in [-0.2, 0) is 23.9 Å². The van der Waals surface area contributed by atoms with Crippen LogP contribution in [0.1, 0.15) is 45.4 Å². The highest BCUT2D eigenvalue weighted by molar-refractivity contribution is 6.19. The first-order valence-corrected chi connectivity index (χ1v) is 12.2. The van der Waals surface area contributed by atoms with Crippen LogP contribution >= 0.6 is 34.8 Å². The molecule has 31 heavy (non-hydrogen) atoms. The van der Waals surface area contributed by atoms with Gasteiger partial charge in [-0.25, -0.2) is 0 Å². The second kappa shape index (κ2) is 19.9. The molecule has 0 aromatic heterocycles. The third-order valence-electron chi connectivity index (χ3n) is 4.38. The molecule has 11 heteroatoms. The van der Waals surface area contributed by atoms with Gasteiger partial charge >= 0.3 is 0 Å². The number of rotatable bonds is 20. The predicted molar refractivity (Wildman–Crippen MR) is 124 cm³/mol. The van der Waals surface area contributed by atoms with Crippen molar-refractivity contribution in [3.8, 4) is 0 Å². The molecular formula is C20H36Cl3N3O5. The predicted octanol–water partition coefficient (Wildman–Crippen LogP) is 2.18. The van der Waals surface area contributed by atoms with Crippen molar-refractivity contribution in [2.45, 2.75) is 51.0 Å². The SMILES string of the molecule is CCC(COCCCNC(=O)CCCl)(COCCCNC(=O)CCCl)NC(=O)CCCl. The first-order valence-electron chi connectivity index (χ1n) is 10.6. The molecule has 0 aliphatic rings. The molecule has 0 bridgehead atoms. The number of amides is 3. The Kier molecular flexibility index (Phi) is 19.3. The molecule has 0 saturated carbocycles. The van der Waals surface area contributed by atoms with Crippen molar-refractivity contribution in [1.82, 2.24) is 16.0 Å². The second-order valence-electron chi connectivity index (χ2n) is 7.01. The third kappa shape index (κ3) is 16.5. The standard InChI is InChI=1S/C20H36Cl3N3O5/c1-2-20(26-19(29)7-10-23,15-30-13-3-11-24-17(27)5-8-21)16-31-14-4-12-25-18(28)6-9-22/h2-16H2,1H3,(H,24,27)(H,25,28)(H,26,29). The highest BCUT2D eigenvalue weighted by Crippen LogP contribution is 2.13. The quantitative estimate of drug-likeness (QED) is 0.174. The van der Waals surface area contributed by atoms with Gasteiger partial charge < -0.3 is 25.4 Å². The van der Waals surface area contributed by atoms with Crippen LogP contribution in [0.15, 0.2) is 0 Å². The number of hydrogen-bond acceptors (Lipinski definition) is 5. The van der Waals surface area contributed by atoms with Gasteiger partial charge in [-0.2, -0.15) is 0 Å². The normalized spacial score (nSPS) is 11.2. The Morgan fingerprint density at radius 1 is 0.742 bits per heavy atom. The molecule has 0 heterocycles. The van der Waals surface area contributed by atoms with E-state index in [0.29, 0.717) is 70.2 Å². The average Bonchev–Trinajstić information content (AvgIpc) is 2.73. The van der Waals surface area contributed by atoms with Crippen molar-refractivity contribution in [3.63, 3.8) is 0 Å². The van der Waals surface area contributed by atoms with Crippen LogP contribution in [0.2, 0.25) is 0 Å². The minimum Gasteiger partial charge on any atom is -0.379 e. The van der Waals surface area contributed by atoms with E-state index in [1.54, 1.807) is 0 Å². The lowest BCUT2D eigenvalue weighted by Gasteiger charge is -2.33. The van der Waals surface area contributed by atoms with Gasteiger partial charge in [0.1, 0.15) is 0 Å². The van der Waals surface area contributed by atoms with Crippen molar-refractivity contribution >= 4 is 52.5 Å².